The molecule has 0 aliphatic carbocycles. The highest BCUT2D eigenvalue weighted by molar-refractivity contribution is 9.09. The van der Waals surface area contributed by atoms with Gasteiger partial charge in [-0.25, -0.2) is 0 Å². The van der Waals surface area contributed by atoms with Crippen molar-refractivity contribution in [2.75, 3.05) is 5.33 Å². The van der Waals surface area contributed by atoms with Crippen LogP contribution in [0.2, 0.25) is 0 Å². The van der Waals surface area contributed by atoms with E-state index in [1.807, 2.05) is 0 Å². The predicted octanol–water partition coefficient (Wildman–Crippen LogP) is 1.65. The minimum atomic E-state index is -0.482. The minimum Gasteiger partial charge on any atom is -0.358 e. The van der Waals surface area contributed by atoms with Crippen LogP contribution < -0.4 is 0 Å². The van der Waals surface area contributed by atoms with Crippen LogP contribution in [-0.4, -0.2) is 20.5 Å². The first-order valence-corrected chi connectivity index (χ1v) is 4.61. The minimum absolute atomic E-state index is 0.0421. The molecule has 12 heavy (non-hydrogen) atoms. The number of halogens is 1. The van der Waals surface area contributed by atoms with E-state index in [9.17, 15) is 10.1 Å². The van der Waals surface area contributed by atoms with Crippen LogP contribution in [0.5, 0.6) is 0 Å². The average Bonchev–Trinajstić information content (AvgIpc) is 2.48. The van der Waals surface area contributed by atoms with Crippen LogP contribution in [-0.2, 0) is 6.42 Å². The van der Waals surface area contributed by atoms with E-state index in [1.54, 1.807) is 0 Å². The lowest BCUT2D eigenvalue weighted by Gasteiger charge is -1.87. The zero-order chi connectivity index (χ0) is 8.97. The molecule has 0 aliphatic rings. The smallest absolute Gasteiger partial charge is 0.342 e. The third-order valence-corrected chi connectivity index (χ3v) is 1.94. The van der Waals surface area contributed by atoms with Crippen molar-refractivity contribution in [3.63, 3.8) is 0 Å². The van der Waals surface area contributed by atoms with E-state index < -0.39 is 4.92 Å². The Labute approximate surface area is 77.4 Å². The molecule has 0 aromatic carbocycles. The first kappa shape index (κ1) is 9.18. The second-order valence-electron chi connectivity index (χ2n) is 2.29. The molecular formula is C6H8BrN3O2. The molecule has 0 spiro atoms. The predicted molar refractivity (Wildman–Crippen MR) is 47.4 cm³/mol. The number of nitro groups is 1. The maximum atomic E-state index is 10.2. The normalized spacial score (nSPS) is 10.1. The van der Waals surface area contributed by atoms with E-state index in [-0.39, 0.29) is 5.82 Å². The number of rotatable bonds is 4. The molecule has 6 heteroatoms. The number of H-pyrrole nitrogens is 1. The first-order valence-electron chi connectivity index (χ1n) is 3.48. The summed E-state index contributed by atoms with van der Waals surface area (Å²) in [5.74, 6) is -0.0421. The fraction of sp³-hybridized carbons (Fsp3) is 0.500. The summed E-state index contributed by atoms with van der Waals surface area (Å²) in [6, 6.07) is 1.46. The van der Waals surface area contributed by atoms with Gasteiger partial charge in [0.25, 0.3) is 0 Å². The third kappa shape index (κ3) is 2.30. The number of alkyl halides is 1. The standard InChI is InChI=1S/C6H8BrN3O2/c7-3-1-2-5-4-6(9-8-5)10(11)12/h4H,1-3H2,(H,8,9). The van der Waals surface area contributed by atoms with Crippen molar-refractivity contribution in [2.24, 2.45) is 0 Å². The highest BCUT2D eigenvalue weighted by atomic mass is 79.9. The number of nitrogens with one attached hydrogen (secondary N) is 1. The van der Waals surface area contributed by atoms with Gasteiger partial charge in [0, 0.05) is 5.33 Å². The van der Waals surface area contributed by atoms with Crippen LogP contribution in [0.4, 0.5) is 5.82 Å². The Hall–Kier alpha value is -0.910. The molecule has 1 rings (SSSR count). The number of aryl methyl sites for hydroxylation is 1. The van der Waals surface area contributed by atoms with E-state index in [4.69, 9.17) is 0 Å². The number of hydrogen-bond acceptors (Lipinski definition) is 3. The summed E-state index contributed by atoms with van der Waals surface area (Å²) in [4.78, 5) is 9.73. The van der Waals surface area contributed by atoms with Gasteiger partial charge in [-0.2, -0.15) is 0 Å². The summed E-state index contributed by atoms with van der Waals surface area (Å²) < 4.78 is 0. The summed E-state index contributed by atoms with van der Waals surface area (Å²) in [5, 5.41) is 17.2. The largest absolute Gasteiger partial charge is 0.358 e. The molecule has 0 radical (unpaired) electrons. The van der Waals surface area contributed by atoms with E-state index >= 15 is 0 Å². The average molecular weight is 234 g/mol. The number of aromatic amines is 1. The molecule has 0 fully saturated rings. The fourth-order valence-electron chi connectivity index (χ4n) is 0.821. The second-order valence-corrected chi connectivity index (χ2v) is 3.09. The molecule has 1 aromatic rings. The van der Waals surface area contributed by atoms with Crippen LogP contribution in [0.15, 0.2) is 6.07 Å². The van der Waals surface area contributed by atoms with Crippen LogP contribution in [0.25, 0.3) is 0 Å². The summed E-state index contributed by atoms with van der Waals surface area (Å²) in [7, 11) is 0. The molecule has 0 atom stereocenters. The van der Waals surface area contributed by atoms with Crippen molar-refractivity contribution in [1.29, 1.82) is 0 Å². The maximum Gasteiger partial charge on any atom is 0.342 e. The molecule has 1 heterocycles. The number of aromatic nitrogens is 2. The molecule has 0 unspecified atom stereocenters. The molecule has 66 valence electrons. The SMILES string of the molecule is O=[N+]([O-])c1cc(CCCBr)n[nH]1. The van der Waals surface area contributed by atoms with Gasteiger partial charge in [0.2, 0.25) is 0 Å². The molecule has 1 N–H and O–H groups in total. The Morgan fingerprint density at radius 3 is 3.00 bits per heavy atom. The Morgan fingerprint density at radius 1 is 1.75 bits per heavy atom. The molecule has 0 bridgehead atoms. The molecule has 0 saturated heterocycles. The maximum absolute atomic E-state index is 10.2. The summed E-state index contributed by atoms with van der Waals surface area (Å²) in [5.41, 5.74) is 0.737. The van der Waals surface area contributed by atoms with Gasteiger partial charge in [0.15, 0.2) is 0 Å². The summed E-state index contributed by atoms with van der Waals surface area (Å²) >= 11 is 3.27. The summed E-state index contributed by atoms with van der Waals surface area (Å²) in [6.45, 7) is 0. The van der Waals surface area contributed by atoms with Crippen molar-refractivity contribution in [2.45, 2.75) is 12.8 Å². The van der Waals surface area contributed by atoms with Crippen molar-refractivity contribution >= 4 is 21.7 Å². The molecule has 0 aliphatic heterocycles. The summed E-state index contributed by atoms with van der Waals surface area (Å²) in [6.07, 6.45) is 1.69. The zero-order valence-corrected chi connectivity index (χ0v) is 7.87. The van der Waals surface area contributed by atoms with Crippen molar-refractivity contribution in [1.82, 2.24) is 10.2 Å². The second kappa shape index (κ2) is 4.20. The van der Waals surface area contributed by atoms with Gasteiger partial charge in [-0.15, -0.1) is 5.10 Å². The van der Waals surface area contributed by atoms with E-state index in [2.05, 4.69) is 26.1 Å². The highest BCUT2D eigenvalue weighted by Crippen LogP contribution is 2.09. The van der Waals surface area contributed by atoms with Gasteiger partial charge in [-0.1, -0.05) is 21.0 Å². The van der Waals surface area contributed by atoms with Gasteiger partial charge in [0.05, 0.1) is 11.8 Å². The lowest BCUT2D eigenvalue weighted by molar-refractivity contribution is -0.389. The van der Waals surface area contributed by atoms with Gasteiger partial charge >= 0.3 is 5.82 Å². The molecule has 1 aromatic heterocycles. The van der Waals surface area contributed by atoms with Crippen molar-refractivity contribution in [3.05, 3.63) is 21.9 Å². The molecule has 0 amide bonds. The van der Waals surface area contributed by atoms with Gasteiger partial charge in [-0.3, -0.25) is 0 Å². The molecular weight excluding hydrogens is 226 g/mol. The highest BCUT2D eigenvalue weighted by Gasteiger charge is 2.08. The van der Waals surface area contributed by atoms with Gasteiger partial charge in [0.1, 0.15) is 0 Å². The lowest BCUT2D eigenvalue weighted by Crippen LogP contribution is -1.86. The van der Waals surface area contributed by atoms with Gasteiger partial charge < -0.3 is 10.1 Å². The topological polar surface area (TPSA) is 71.8 Å². The van der Waals surface area contributed by atoms with Crippen LogP contribution >= 0.6 is 15.9 Å². The van der Waals surface area contributed by atoms with Crippen LogP contribution in [0.1, 0.15) is 12.1 Å². The lowest BCUT2D eigenvalue weighted by atomic mass is 10.2. The van der Waals surface area contributed by atoms with Crippen molar-refractivity contribution < 1.29 is 4.92 Å². The molecule has 0 saturated carbocycles. The number of hydrogen-bond donors (Lipinski definition) is 1. The number of nitrogens with zero attached hydrogens (tertiary/aromatic N) is 2. The van der Waals surface area contributed by atoms with E-state index in [1.165, 1.54) is 6.07 Å². The van der Waals surface area contributed by atoms with E-state index in [0.717, 1.165) is 23.9 Å². The first-order chi connectivity index (χ1) is 5.74. The third-order valence-electron chi connectivity index (χ3n) is 1.38. The fourth-order valence-corrected chi connectivity index (χ4v) is 1.10. The van der Waals surface area contributed by atoms with Gasteiger partial charge in [-0.05, 0) is 17.8 Å². The zero-order valence-electron chi connectivity index (χ0n) is 6.29. The Bertz CT molecular complexity index is 274. The Kier molecular flexibility index (Phi) is 3.21. The van der Waals surface area contributed by atoms with Crippen LogP contribution in [0, 0.1) is 10.1 Å². The van der Waals surface area contributed by atoms with Crippen molar-refractivity contribution in [3.8, 4) is 0 Å². The van der Waals surface area contributed by atoms with E-state index in [0.29, 0.717) is 0 Å². The van der Waals surface area contributed by atoms with Crippen LogP contribution in [0.3, 0.4) is 0 Å². The quantitative estimate of drug-likeness (QED) is 0.489. The Balaban J connectivity index is 2.58. The molecule has 5 nitrogen and oxygen atoms in total. The monoisotopic (exact) mass is 233 g/mol. The Morgan fingerprint density at radius 2 is 2.50 bits per heavy atom.